The van der Waals surface area contributed by atoms with Crippen LogP contribution >= 0.6 is 0 Å². The minimum atomic E-state index is -0.139. The lowest BCUT2D eigenvalue weighted by molar-refractivity contribution is -0.140. The molecular formula is C19H16N2O2. The van der Waals surface area contributed by atoms with Crippen LogP contribution in [0.2, 0.25) is 0 Å². The monoisotopic (exact) mass is 304 g/mol. The van der Waals surface area contributed by atoms with Crippen LogP contribution in [0.4, 0.5) is 0 Å². The Bertz CT molecular complexity index is 770. The molecule has 6 atom stereocenters. The number of benzene rings is 1. The van der Waals surface area contributed by atoms with Crippen LogP contribution in [0.15, 0.2) is 36.4 Å². The number of hydrogen-bond acceptors (Lipinski definition) is 3. The second kappa shape index (κ2) is 4.32. The molecule has 1 saturated heterocycles. The zero-order chi connectivity index (χ0) is 15.7. The van der Waals surface area contributed by atoms with E-state index in [1.54, 1.807) is 18.2 Å². The molecule has 2 bridgehead atoms. The standard InChI is InChI=1S/C19H16N2O2/c20-8-10-2-1-3-11(6-10)9-21-18(22)16-12-4-5-13(15-7-14(12)15)17(16)19(21)23/h1-6,12-17H,7,9H2/t12-,13-,14-,15+,16+,17+/m0/s1. The fourth-order valence-corrected chi connectivity index (χ4v) is 5.10. The van der Waals surface area contributed by atoms with Crippen molar-refractivity contribution in [3.63, 3.8) is 0 Å². The molecule has 0 radical (unpaired) electrons. The SMILES string of the molecule is N#Cc1cccc(CN2C(=O)[C@@H]3[C@H]4C=C[C@@H]([C@@H]5C[C@H]45)[C@H]3C2=O)c1. The molecule has 4 aliphatic carbocycles. The molecule has 6 rings (SSSR count). The van der Waals surface area contributed by atoms with Crippen molar-refractivity contribution < 1.29 is 9.59 Å². The highest BCUT2D eigenvalue weighted by Crippen LogP contribution is 2.65. The largest absolute Gasteiger partial charge is 0.278 e. The molecule has 4 heteroatoms. The fraction of sp³-hybridized carbons (Fsp3) is 0.421. The predicted octanol–water partition coefficient (Wildman–Crippen LogP) is 2.11. The molecule has 0 unspecified atom stereocenters. The van der Waals surface area contributed by atoms with Gasteiger partial charge in [-0.05, 0) is 47.8 Å². The summed E-state index contributed by atoms with van der Waals surface area (Å²) in [7, 11) is 0. The maximum absolute atomic E-state index is 12.9. The number of rotatable bonds is 2. The van der Waals surface area contributed by atoms with Crippen LogP contribution in [0.5, 0.6) is 0 Å². The van der Waals surface area contributed by atoms with Gasteiger partial charge in [-0.3, -0.25) is 14.5 Å². The molecule has 1 aromatic rings. The number of carbonyl (C=O) groups excluding carboxylic acids is 2. The van der Waals surface area contributed by atoms with E-state index in [0.717, 1.165) is 5.56 Å². The zero-order valence-corrected chi connectivity index (χ0v) is 12.6. The van der Waals surface area contributed by atoms with Gasteiger partial charge in [-0.25, -0.2) is 0 Å². The molecule has 1 aliphatic heterocycles. The molecule has 1 heterocycles. The quantitative estimate of drug-likeness (QED) is 0.621. The summed E-state index contributed by atoms with van der Waals surface area (Å²) in [5, 5.41) is 9.00. The lowest BCUT2D eigenvalue weighted by Crippen LogP contribution is -2.40. The van der Waals surface area contributed by atoms with Crippen LogP contribution < -0.4 is 0 Å². The highest BCUT2D eigenvalue weighted by Gasteiger charge is 2.66. The van der Waals surface area contributed by atoms with Gasteiger partial charge in [-0.15, -0.1) is 0 Å². The molecule has 2 amide bonds. The highest BCUT2D eigenvalue weighted by molar-refractivity contribution is 6.06. The van der Waals surface area contributed by atoms with Gasteiger partial charge in [0.15, 0.2) is 0 Å². The van der Waals surface area contributed by atoms with Crippen LogP contribution in [0.1, 0.15) is 17.5 Å². The van der Waals surface area contributed by atoms with Crippen molar-refractivity contribution in [2.75, 3.05) is 0 Å². The molecule has 1 aromatic carbocycles. The van der Waals surface area contributed by atoms with Crippen LogP contribution in [-0.2, 0) is 16.1 Å². The minimum Gasteiger partial charge on any atom is -0.278 e. The summed E-state index contributed by atoms with van der Waals surface area (Å²) in [6.07, 6.45) is 5.55. The van der Waals surface area contributed by atoms with Gasteiger partial charge in [-0.1, -0.05) is 24.3 Å². The number of amides is 2. The van der Waals surface area contributed by atoms with Gasteiger partial charge in [0, 0.05) is 0 Å². The fourth-order valence-electron chi connectivity index (χ4n) is 5.10. The first-order valence-electron chi connectivity index (χ1n) is 8.21. The molecule has 114 valence electrons. The summed E-state index contributed by atoms with van der Waals surface area (Å²) in [6, 6.07) is 9.26. The zero-order valence-electron chi connectivity index (χ0n) is 12.6. The summed E-state index contributed by atoms with van der Waals surface area (Å²) < 4.78 is 0. The third-order valence-corrected chi connectivity index (χ3v) is 6.15. The number of likely N-dealkylation sites (tertiary alicyclic amines) is 1. The van der Waals surface area contributed by atoms with Gasteiger partial charge in [0.05, 0.1) is 30.0 Å². The lowest BCUT2D eigenvalue weighted by Gasteiger charge is -2.37. The van der Waals surface area contributed by atoms with Crippen molar-refractivity contribution in [2.45, 2.75) is 13.0 Å². The van der Waals surface area contributed by atoms with E-state index in [1.165, 1.54) is 11.3 Å². The Hall–Kier alpha value is -2.41. The number of imide groups is 1. The molecule has 3 fully saturated rings. The van der Waals surface area contributed by atoms with E-state index in [9.17, 15) is 9.59 Å². The van der Waals surface area contributed by atoms with Gasteiger partial charge in [0.25, 0.3) is 0 Å². The lowest BCUT2D eigenvalue weighted by atomic mass is 9.63. The van der Waals surface area contributed by atoms with Crippen molar-refractivity contribution in [1.82, 2.24) is 4.90 Å². The second-order valence-corrected chi connectivity index (χ2v) is 7.23. The van der Waals surface area contributed by atoms with Gasteiger partial charge in [0.1, 0.15) is 0 Å². The third-order valence-electron chi connectivity index (χ3n) is 6.15. The van der Waals surface area contributed by atoms with E-state index < -0.39 is 0 Å². The topological polar surface area (TPSA) is 61.2 Å². The van der Waals surface area contributed by atoms with Gasteiger partial charge >= 0.3 is 0 Å². The average Bonchev–Trinajstić information content (AvgIpc) is 3.36. The van der Waals surface area contributed by atoms with E-state index in [2.05, 4.69) is 18.2 Å². The van der Waals surface area contributed by atoms with Crippen molar-refractivity contribution >= 4 is 11.8 Å². The van der Waals surface area contributed by atoms with Gasteiger partial charge < -0.3 is 0 Å². The Morgan fingerprint density at radius 2 is 1.74 bits per heavy atom. The Kier molecular flexibility index (Phi) is 2.45. The van der Waals surface area contributed by atoms with Crippen LogP contribution in [0.3, 0.4) is 0 Å². The van der Waals surface area contributed by atoms with E-state index in [1.807, 2.05) is 6.07 Å². The number of nitriles is 1. The van der Waals surface area contributed by atoms with Crippen molar-refractivity contribution in [1.29, 1.82) is 5.26 Å². The van der Waals surface area contributed by atoms with E-state index >= 15 is 0 Å². The smallest absolute Gasteiger partial charge is 0.234 e. The summed E-state index contributed by atoms with van der Waals surface area (Å²) in [5.74, 6) is 1.50. The molecule has 0 aromatic heterocycles. The summed E-state index contributed by atoms with van der Waals surface area (Å²) in [5.41, 5.74) is 1.40. The summed E-state index contributed by atoms with van der Waals surface area (Å²) >= 11 is 0. The van der Waals surface area contributed by atoms with Crippen molar-refractivity contribution in [3.05, 3.63) is 47.5 Å². The van der Waals surface area contributed by atoms with E-state index in [4.69, 9.17) is 5.26 Å². The molecule has 0 spiro atoms. The van der Waals surface area contributed by atoms with Gasteiger partial charge in [0.2, 0.25) is 11.8 Å². The predicted molar refractivity (Wildman–Crippen MR) is 81.4 cm³/mol. The summed E-state index contributed by atoms with van der Waals surface area (Å²) in [6.45, 7) is 0.287. The first-order valence-corrected chi connectivity index (χ1v) is 8.21. The number of carbonyl (C=O) groups is 2. The second-order valence-electron chi connectivity index (χ2n) is 7.23. The molecular weight excluding hydrogens is 288 g/mol. The van der Waals surface area contributed by atoms with Crippen molar-refractivity contribution in [3.8, 4) is 6.07 Å². The average molecular weight is 304 g/mol. The van der Waals surface area contributed by atoms with E-state index in [0.29, 0.717) is 17.4 Å². The van der Waals surface area contributed by atoms with E-state index in [-0.39, 0.29) is 42.0 Å². The third kappa shape index (κ3) is 1.65. The first kappa shape index (κ1) is 13.1. The van der Waals surface area contributed by atoms with Gasteiger partial charge in [-0.2, -0.15) is 5.26 Å². The normalized spacial score (nSPS) is 39.2. The molecule has 23 heavy (non-hydrogen) atoms. The molecule has 2 saturated carbocycles. The maximum atomic E-state index is 12.9. The van der Waals surface area contributed by atoms with Crippen LogP contribution in [0, 0.1) is 46.8 Å². The van der Waals surface area contributed by atoms with Crippen LogP contribution in [0.25, 0.3) is 0 Å². The number of nitrogens with zero attached hydrogens (tertiary/aromatic N) is 2. The van der Waals surface area contributed by atoms with Crippen molar-refractivity contribution in [2.24, 2.45) is 35.5 Å². The Labute approximate surface area is 134 Å². The Morgan fingerprint density at radius 1 is 1.09 bits per heavy atom. The maximum Gasteiger partial charge on any atom is 0.234 e. The Morgan fingerprint density at radius 3 is 2.35 bits per heavy atom. The number of allylic oxidation sites excluding steroid dienone is 2. The first-order chi connectivity index (χ1) is 11.2. The minimum absolute atomic E-state index is 0.00735. The molecule has 5 aliphatic rings. The Balaban J connectivity index is 1.46. The molecule has 4 nitrogen and oxygen atoms in total. The number of hydrogen-bond donors (Lipinski definition) is 0. The highest BCUT2D eigenvalue weighted by atomic mass is 16.2. The summed E-state index contributed by atoms with van der Waals surface area (Å²) in [4.78, 5) is 27.2. The molecule has 0 N–H and O–H groups in total. The van der Waals surface area contributed by atoms with Crippen LogP contribution in [-0.4, -0.2) is 16.7 Å².